The number of nitrogens with zero attached hydrogens (tertiary/aromatic N) is 5. The Morgan fingerprint density at radius 1 is 1.27 bits per heavy atom. The first-order chi connectivity index (χ1) is 12.8. The van der Waals surface area contributed by atoms with Crippen LogP contribution in [0.2, 0.25) is 0 Å². The number of nitrogens with one attached hydrogen (secondary N) is 2. The van der Waals surface area contributed by atoms with E-state index < -0.39 is 0 Å². The zero-order valence-electron chi connectivity index (χ0n) is 14.0. The summed E-state index contributed by atoms with van der Waals surface area (Å²) in [5.41, 5.74) is 3.24. The average Bonchev–Trinajstić information content (AvgIpc) is 3.34. The van der Waals surface area contributed by atoms with Crippen LogP contribution in [0.3, 0.4) is 0 Å². The summed E-state index contributed by atoms with van der Waals surface area (Å²) in [4.78, 5) is 16.7. The molecule has 1 fully saturated rings. The summed E-state index contributed by atoms with van der Waals surface area (Å²) in [5.74, 6) is 1.52. The topological polar surface area (TPSA) is 122 Å². The number of benzene rings is 1. The van der Waals surface area contributed by atoms with Gasteiger partial charge >= 0.3 is 0 Å². The molecule has 1 atom stereocenters. The number of aryl methyl sites for hydroxylation is 1. The smallest absolute Gasteiger partial charge is 0.293 e. The number of hydrogen-bond donors (Lipinski definition) is 2. The van der Waals surface area contributed by atoms with E-state index in [4.69, 9.17) is 4.52 Å². The largest absolute Gasteiger partial charge is 0.342 e. The standard InChI is InChI=1S/C17H17N7O2/c25-16(15-20-23-24-21-15)18-13-7-5-10-8-11(4-6-12(10)13)14-19-17(26-22-14)9-2-1-3-9/h4,6,8-9,13H,1-3,5,7H2,(H,18,25)(H,20,21,23,24). The van der Waals surface area contributed by atoms with Crippen LogP contribution in [0.4, 0.5) is 0 Å². The molecule has 0 saturated heterocycles. The van der Waals surface area contributed by atoms with Crippen LogP contribution in [-0.4, -0.2) is 36.7 Å². The van der Waals surface area contributed by atoms with Crippen LogP contribution >= 0.6 is 0 Å². The van der Waals surface area contributed by atoms with Gasteiger partial charge in [-0.05, 0) is 48.1 Å². The fraction of sp³-hybridized carbons (Fsp3) is 0.412. The van der Waals surface area contributed by atoms with E-state index >= 15 is 0 Å². The van der Waals surface area contributed by atoms with Gasteiger partial charge in [0.2, 0.25) is 11.7 Å². The highest BCUT2D eigenvalue weighted by atomic mass is 16.5. The third-order valence-electron chi connectivity index (χ3n) is 5.23. The number of hydrogen-bond acceptors (Lipinski definition) is 7. The molecule has 2 aliphatic rings. The Morgan fingerprint density at radius 2 is 2.19 bits per heavy atom. The van der Waals surface area contributed by atoms with E-state index in [0.29, 0.717) is 11.7 Å². The highest BCUT2D eigenvalue weighted by Crippen LogP contribution is 2.37. The van der Waals surface area contributed by atoms with Crippen LogP contribution in [-0.2, 0) is 6.42 Å². The summed E-state index contributed by atoms with van der Waals surface area (Å²) < 4.78 is 5.42. The number of tetrazole rings is 1. The molecule has 0 radical (unpaired) electrons. The van der Waals surface area contributed by atoms with Crippen molar-refractivity contribution in [2.75, 3.05) is 0 Å². The van der Waals surface area contributed by atoms with Crippen LogP contribution < -0.4 is 5.32 Å². The van der Waals surface area contributed by atoms with Gasteiger partial charge < -0.3 is 9.84 Å². The highest BCUT2D eigenvalue weighted by Gasteiger charge is 2.28. The molecule has 2 N–H and O–H groups in total. The second-order valence-electron chi connectivity index (χ2n) is 6.80. The third-order valence-corrected chi connectivity index (χ3v) is 5.23. The zero-order valence-corrected chi connectivity index (χ0v) is 14.0. The van der Waals surface area contributed by atoms with Crippen LogP contribution in [0.25, 0.3) is 11.4 Å². The number of aromatic nitrogens is 6. The van der Waals surface area contributed by atoms with Gasteiger partial charge in [-0.1, -0.05) is 23.7 Å². The van der Waals surface area contributed by atoms with Crippen molar-refractivity contribution in [2.24, 2.45) is 0 Å². The van der Waals surface area contributed by atoms with Gasteiger partial charge in [-0.25, -0.2) is 0 Å². The van der Waals surface area contributed by atoms with E-state index in [-0.39, 0.29) is 17.8 Å². The van der Waals surface area contributed by atoms with Gasteiger partial charge in [-0.15, -0.1) is 10.2 Å². The normalized spacial score (nSPS) is 19.2. The maximum absolute atomic E-state index is 12.1. The Hall–Kier alpha value is -3.10. The van der Waals surface area contributed by atoms with Gasteiger partial charge in [0.15, 0.2) is 0 Å². The molecule has 2 aromatic heterocycles. The predicted octanol–water partition coefficient (Wildman–Crippen LogP) is 1.93. The lowest BCUT2D eigenvalue weighted by molar-refractivity contribution is 0.0926. The molecule has 0 bridgehead atoms. The Kier molecular flexibility index (Phi) is 3.51. The van der Waals surface area contributed by atoms with Gasteiger partial charge in [0, 0.05) is 11.5 Å². The lowest BCUT2D eigenvalue weighted by Gasteiger charge is -2.20. The number of rotatable bonds is 4. The van der Waals surface area contributed by atoms with E-state index in [2.05, 4.69) is 42.1 Å². The average molecular weight is 351 g/mol. The first-order valence-corrected chi connectivity index (χ1v) is 8.79. The quantitative estimate of drug-likeness (QED) is 0.736. The SMILES string of the molecule is O=C(NC1CCc2cc(-c3noc(C4CCC4)n3)ccc21)c1nn[nH]n1. The molecule has 1 unspecified atom stereocenters. The Balaban J connectivity index is 1.35. The monoisotopic (exact) mass is 351 g/mol. The molecule has 9 heteroatoms. The Morgan fingerprint density at radius 3 is 2.96 bits per heavy atom. The van der Waals surface area contributed by atoms with Gasteiger partial charge in [0.25, 0.3) is 11.7 Å². The molecular weight excluding hydrogens is 334 g/mol. The van der Waals surface area contributed by atoms with Gasteiger partial charge in [-0.3, -0.25) is 4.79 Å². The first-order valence-electron chi connectivity index (χ1n) is 8.79. The molecule has 0 spiro atoms. The molecule has 1 saturated carbocycles. The zero-order chi connectivity index (χ0) is 17.5. The van der Waals surface area contributed by atoms with Crippen LogP contribution in [0, 0.1) is 0 Å². The molecule has 26 heavy (non-hydrogen) atoms. The molecule has 3 aromatic rings. The highest BCUT2D eigenvalue weighted by molar-refractivity contribution is 5.90. The molecule has 1 amide bonds. The van der Waals surface area contributed by atoms with E-state index in [9.17, 15) is 4.79 Å². The number of amides is 1. The maximum atomic E-state index is 12.1. The van der Waals surface area contributed by atoms with Crippen LogP contribution in [0.15, 0.2) is 22.7 Å². The van der Waals surface area contributed by atoms with Crippen molar-refractivity contribution in [1.29, 1.82) is 0 Å². The molecule has 2 aliphatic carbocycles. The van der Waals surface area contributed by atoms with E-state index in [0.717, 1.165) is 42.7 Å². The molecule has 9 nitrogen and oxygen atoms in total. The molecule has 0 aliphatic heterocycles. The van der Waals surface area contributed by atoms with Gasteiger partial charge in [0.1, 0.15) is 0 Å². The van der Waals surface area contributed by atoms with E-state index in [1.807, 2.05) is 12.1 Å². The minimum Gasteiger partial charge on any atom is -0.342 e. The fourth-order valence-electron chi connectivity index (χ4n) is 3.56. The molecule has 5 rings (SSSR count). The molecular formula is C17H17N7O2. The Bertz CT molecular complexity index is 946. The van der Waals surface area contributed by atoms with Crippen LogP contribution in [0.5, 0.6) is 0 Å². The second kappa shape index (κ2) is 6.01. The number of fused-ring (bicyclic) bond motifs is 1. The fourth-order valence-corrected chi connectivity index (χ4v) is 3.56. The van der Waals surface area contributed by atoms with E-state index in [1.165, 1.54) is 12.0 Å². The minimum absolute atomic E-state index is 0.0467. The summed E-state index contributed by atoms with van der Waals surface area (Å²) in [6, 6.07) is 6.04. The lowest BCUT2D eigenvalue weighted by atomic mass is 9.85. The van der Waals surface area contributed by atoms with Crippen molar-refractivity contribution < 1.29 is 9.32 Å². The van der Waals surface area contributed by atoms with Crippen molar-refractivity contribution in [1.82, 2.24) is 36.1 Å². The van der Waals surface area contributed by atoms with Crippen LogP contribution in [0.1, 0.15) is 65.3 Å². The summed E-state index contributed by atoms with van der Waals surface area (Å²) in [6.07, 6.45) is 5.22. The number of H-pyrrole nitrogens is 1. The number of carbonyl (C=O) groups is 1. The molecule has 2 heterocycles. The van der Waals surface area contributed by atoms with E-state index in [1.54, 1.807) is 0 Å². The molecule has 132 valence electrons. The summed E-state index contributed by atoms with van der Waals surface area (Å²) in [7, 11) is 0. The number of carbonyl (C=O) groups excluding carboxylic acids is 1. The van der Waals surface area contributed by atoms with Gasteiger partial charge in [0.05, 0.1) is 6.04 Å². The number of aromatic amines is 1. The van der Waals surface area contributed by atoms with Crippen molar-refractivity contribution >= 4 is 5.91 Å². The van der Waals surface area contributed by atoms with Crippen molar-refractivity contribution in [3.63, 3.8) is 0 Å². The minimum atomic E-state index is -0.330. The van der Waals surface area contributed by atoms with Crippen molar-refractivity contribution in [3.8, 4) is 11.4 Å². The van der Waals surface area contributed by atoms with Crippen molar-refractivity contribution in [3.05, 3.63) is 41.0 Å². The predicted molar refractivity (Wildman–Crippen MR) is 89.0 cm³/mol. The maximum Gasteiger partial charge on any atom is 0.293 e. The second-order valence-corrected chi connectivity index (χ2v) is 6.80. The van der Waals surface area contributed by atoms with Crippen molar-refractivity contribution in [2.45, 2.75) is 44.1 Å². The van der Waals surface area contributed by atoms with Gasteiger partial charge in [-0.2, -0.15) is 10.2 Å². The lowest BCUT2D eigenvalue weighted by Crippen LogP contribution is -2.28. The first kappa shape index (κ1) is 15.2. The Labute approximate surface area is 148 Å². The summed E-state index contributed by atoms with van der Waals surface area (Å²) >= 11 is 0. The molecule has 1 aromatic carbocycles. The summed E-state index contributed by atoms with van der Waals surface area (Å²) in [6.45, 7) is 0. The third kappa shape index (κ3) is 2.56. The summed E-state index contributed by atoms with van der Waals surface area (Å²) in [5, 5.41) is 20.2.